The highest BCUT2D eigenvalue weighted by Crippen LogP contribution is 2.42. The van der Waals surface area contributed by atoms with Crippen LogP contribution in [0, 0.1) is 0 Å². The van der Waals surface area contributed by atoms with Gasteiger partial charge in [0, 0.05) is 6.54 Å². The molecule has 1 aliphatic heterocycles. The molecule has 0 aromatic heterocycles. The van der Waals surface area contributed by atoms with E-state index < -0.39 is 0 Å². The molecule has 0 atom stereocenters. The van der Waals surface area contributed by atoms with Crippen LogP contribution in [-0.2, 0) is 0 Å². The van der Waals surface area contributed by atoms with Gasteiger partial charge < -0.3 is 4.90 Å². The third-order valence-corrected chi connectivity index (χ3v) is 2.90. The lowest BCUT2D eigenvalue weighted by Crippen LogP contribution is -2.21. The van der Waals surface area contributed by atoms with Crippen molar-refractivity contribution in [1.82, 2.24) is 5.32 Å². The fourth-order valence-corrected chi connectivity index (χ4v) is 2.17. The Hall–Kier alpha value is -1.96. The number of benzene rings is 2. The summed E-state index contributed by atoms with van der Waals surface area (Å²) in [5.74, 6) is 0. The molecule has 1 aliphatic rings. The summed E-state index contributed by atoms with van der Waals surface area (Å²) in [4.78, 5) is 2.30. The Morgan fingerprint density at radius 1 is 0.875 bits per heavy atom. The van der Waals surface area contributed by atoms with Crippen molar-refractivity contribution in [3.05, 3.63) is 48.5 Å². The lowest BCUT2D eigenvalue weighted by Gasteiger charge is -2.31. The quantitative estimate of drug-likeness (QED) is 0.699. The van der Waals surface area contributed by atoms with Crippen LogP contribution in [0.2, 0.25) is 0 Å². The van der Waals surface area contributed by atoms with Crippen molar-refractivity contribution >= 4 is 22.7 Å². The Bertz CT molecular complexity index is 474. The molecule has 2 aromatic rings. The number of para-hydroxylation sites is 4. The third-order valence-electron chi connectivity index (χ3n) is 2.90. The molecule has 79 valence electrons. The molecule has 2 nitrogen and oxygen atoms in total. The topological polar surface area (TPSA) is 17.3 Å². The summed E-state index contributed by atoms with van der Waals surface area (Å²) in [5, 5.41) is 4.67. The van der Waals surface area contributed by atoms with Crippen LogP contribution in [0.4, 0.5) is 22.7 Å². The largest absolute Gasteiger partial charge is 0.338 e. The first-order chi connectivity index (χ1) is 7.90. The average Bonchev–Trinajstić information content (AvgIpc) is 2.36. The second-order valence-electron chi connectivity index (χ2n) is 3.83. The van der Waals surface area contributed by atoms with E-state index in [1.807, 2.05) is 12.1 Å². The van der Waals surface area contributed by atoms with Crippen molar-refractivity contribution < 1.29 is 0 Å². The van der Waals surface area contributed by atoms with Gasteiger partial charge in [0.15, 0.2) is 0 Å². The highest BCUT2D eigenvalue weighted by atomic mass is 15.2. The summed E-state index contributed by atoms with van der Waals surface area (Å²) in [6.45, 7) is 3.13. The van der Waals surface area contributed by atoms with E-state index in [4.69, 9.17) is 0 Å². The zero-order chi connectivity index (χ0) is 11.0. The van der Waals surface area contributed by atoms with Crippen molar-refractivity contribution in [2.24, 2.45) is 0 Å². The van der Waals surface area contributed by atoms with Gasteiger partial charge in [-0.1, -0.05) is 24.3 Å². The zero-order valence-corrected chi connectivity index (χ0v) is 9.22. The summed E-state index contributed by atoms with van der Waals surface area (Å²) in [6.07, 6.45) is 0. The minimum atomic E-state index is 0.962. The molecule has 0 unspecified atom stereocenters. The van der Waals surface area contributed by atoms with Crippen molar-refractivity contribution in [2.75, 3.05) is 11.4 Å². The van der Waals surface area contributed by atoms with Gasteiger partial charge in [-0.15, -0.1) is 0 Å². The molecule has 0 fully saturated rings. The number of anilines is 2. The number of hydrogen-bond donors (Lipinski definition) is 0. The van der Waals surface area contributed by atoms with Gasteiger partial charge in [-0.3, -0.25) is 0 Å². The van der Waals surface area contributed by atoms with E-state index in [1.54, 1.807) is 0 Å². The monoisotopic (exact) mass is 209 g/mol. The van der Waals surface area contributed by atoms with Gasteiger partial charge in [0.2, 0.25) is 0 Å². The molecular weight excluding hydrogens is 196 g/mol. The second-order valence-corrected chi connectivity index (χ2v) is 3.83. The molecule has 3 rings (SSSR count). The lowest BCUT2D eigenvalue weighted by atomic mass is 10.1. The fraction of sp³-hybridized carbons (Fsp3) is 0.143. The molecule has 0 N–H and O–H groups in total. The Labute approximate surface area is 95.5 Å². The predicted molar refractivity (Wildman–Crippen MR) is 67.0 cm³/mol. The van der Waals surface area contributed by atoms with Gasteiger partial charge in [-0.05, 0) is 31.2 Å². The highest BCUT2D eigenvalue weighted by Gasteiger charge is 2.21. The zero-order valence-electron chi connectivity index (χ0n) is 9.22. The van der Waals surface area contributed by atoms with Crippen molar-refractivity contribution in [3.8, 4) is 0 Å². The van der Waals surface area contributed by atoms with Crippen molar-refractivity contribution in [2.45, 2.75) is 6.92 Å². The van der Waals surface area contributed by atoms with Crippen LogP contribution < -0.4 is 10.2 Å². The molecule has 0 spiro atoms. The number of fused-ring (bicyclic) bond motifs is 2. The van der Waals surface area contributed by atoms with Crippen molar-refractivity contribution in [3.63, 3.8) is 0 Å². The van der Waals surface area contributed by atoms with Gasteiger partial charge in [0.25, 0.3) is 0 Å². The Morgan fingerprint density at radius 3 is 1.88 bits per heavy atom. The molecule has 2 heteroatoms. The first kappa shape index (κ1) is 9.28. The average molecular weight is 209 g/mol. The normalized spacial score (nSPS) is 12.7. The first-order valence-electron chi connectivity index (χ1n) is 5.57. The highest BCUT2D eigenvalue weighted by molar-refractivity contribution is 5.86. The van der Waals surface area contributed by atoms with E-state index in [9.17, 15) is 0 Å². The lowest BCUT2D eigenvalue weighted by molar-refractivity contribution is 0.976. The van der Waals surface area contributed by atoms with Crippen LogP contribution in [0.3, 0.4) is 0 Å². The minimum Gasteiger partial charge on any atom is -0.338 e. The number of nitrogens with zero attached hydrogens (tertiary/aromatic N) is 2. The molecular formula is C14H13N2. The van der Waals surface area contributed by atoms with Gasteiger partial charge in [0.05, 0.1) is 22.7 Å². The molecule has 0 saturated carbocycles. The molecule has 1 radical (unpaired) electrons. The smallest absolute Gasteiger partial charge is 0.0874 e. The van der Waals surface area contributed by atoms with Gasteiger partial charge in [0.1, 0.15) is 0 Å². The summed E-state index contributed by atoms with van der Waals surface area (Å²) in [6, 6.07) is 16.6. The van der Waals surface area contributed by atoms with Crippen LogP contribution in [0.1, 0.15) is 6.92 Å². The van der Waals surface area contributed by atoms with Crippen LogP contribution in [-0.4, -0.2) is 6.54 Å². The predicted octanol–water partition coefficient (Wildman–Crippen LogP) is 3.73. The molecule has 0 aliphatic carbocycles. The van der Waals surface area contributed by atoms with E-state index in [1.165, 1.54) is 11.4 Å². The molecule has 1 heterocycles. The van der Waals surface area contributed by atoms with E-state index in [0.717, 1.165) is 17.9 Å². The second kappa shape index (κ2) is 3.56. The third kappa shape index (κ3) is 1.27. The minimum absolute atomic E-state index is 0.962. The van der Waals surface area contributed by atoms with E-state index in [0.29, 0.717) is 0 Å². The first-order valence-corrected chi connectivity index (χ1v) is 5.57. The fourth-order valence-electron chi connectivity index (χ4n) is 2.17. The molecule has 0 bridgehead atoms. The maximum absolute atomic E-state index is 4.67. The Balaban J connectivity index is 2.19. The Morgan fingerprint density at radius 2 is 1.38 bits per heavy atom. The Kier molecular flexibility index (Phi) is 2.07. The van der Waals surface area contributed by atoms with E-state index in [-0.39, 0.29) is 0 Å². The molecule has 0 saturated heterocycles. The molecule has 0 amide bonds. The van der Waals surface area contributed by atoms with Crippen LogP contribution in [0.15, 0.2) is 48.5 Å². The van der Waals surface area contributed by atoms with Crippen molar-refractivity contribution in [1.29, 1.82) is 0 Å². The van der Waals surface area contributed by atoms with E-state index in [2.05, 4.69) is 53.5 Å². The summed E-state index contributed by atoms with van der Waals surface area (Å²) >= 11 is 0. The number of rotatable bonds is 1. The van der Waals surface area contributed by atoms with Gasteiger partial charge >= 0.3 is 0 Å². The summed E-state index contributed by atoms with van der Waals surface area (Å²) in [7, 11) is 0. The maximum atomic E-state index is 4.67. The molecule has 2 aromatic carbocycles. The SMILES string of the molecule is CCN1c2ccccc2[N]c2ccccc21. The van der Waals surface area contributed by atoms with Crippen LogP contribution in [0.5, 0.6) is 0 Å². The number of hydrogen-bond acceptors (Lipinski definition) is 1. The van der Waals surface area contributed by atoms with E-state index >= 15 is 0 Å². The molecule has 16 heavy (non-hydrogen) atoms. The van der Waals surface area contributed by atoms with Crippen LogP contribution >= 0.6 is 0 Å². The summed E-state index contributed by atoms with van der Waals surface area (Å²) < 4.78 is 0. The standard InChI is InChI=1S/C14H13N2/c1-2-16-13-9-5-3-7-11(13)15-12-8-4-6-10-14(12)16/h3-10H,2H2,1H3. The van der Waals surface area contributed by atoms with Gasteiger partial charge in [-0.25, -0.2) is 5.32 Å². The summed E-state index contributed by atoms with van der Waals surface area (Å²) in [5.41, 5.74) is 4.51. The maximum Gasteiger partial charge on any atom is 0.0874 e. The van der Waals surface area contributed by atoms with Crippen LogP contribution in [0.25, 0.3) is 0 Å². The van der Waals surface area contributed by atoms with Gasteiger partial charge in [-0.2, -0.15) is 0 Å².